The molecule has 2 aromatic heterocycles. The summed E-state index contributed by atoms with van der Waals surface area (Å²) in [6.45, 7) is 3.69. The van der Waals surface area contributed by atoms with Gasteiger partial charge in [-0.25, -0.2) is 9.78 Å². The van der Waals surface area contributed by atoms with E-state index in [2.05, 4.69) is 26.3 Å². The lowest BCUT2D eigenvalue weighted by Crippen LogP contribution is -2.05. The molecule has 0 aliphatic heterocycles. The van der Waals surface area contributed by atoms with Crippen LogP contribution in [0.25, 0.3) is 0 Å². The number of aromatic nitrogens is 1. The zero-order valence-corrected chi connectivity index (χ0v) is 13.7. The highest BCUT2D eigenvalue weighted by Crippen LogP contribution is 2.30. The lowest BCUT2D eigenvalue weighted by Gasteiger charge is -2.08. The van der Waals surface area contributed by atoms with Crippen LogP contribution in [0.5, 0.6) is 0 Å². The molecular formula is C13H12BrNO2S2. The first kappa shape index (κ1) is 14.6. The molecule has 0 aliphatic carbocycles. The maximum atomic E-state index is 11.3. The van der Waals surface area contributed by atoms with Crippen molar-refractivity contribution in [2.24, 2.45) is 0 Å². The number of thioether (sulfide) groups is 1. The van der Waals surface area contributed by atoms with Crippen molar-refractivity contribution >= 4 is 45.0 Å². The average Bonchev–Trinajstić information content (AvgIpc) is 2.71. The van der Waals surface area contributed by atoms with Crippen molar-refractivity contribution < 1.29 is 9.90 Å². The van der Waals surface area contributed by atoms with E-state index in [-0.39, 0.29) is 0 Å². The van der Waals surface area contributed by atoms with E-state index in [4.69, 9.17) is 0 Å². The van der Waals surface area contributed by atoms with Gasteiger partial charge in [0, 0.05) is 11.4 Å². The Morgan fingerprint density at radius 3 is 2.79 bits per heavy atom. The number of aryl methyl sites for hydroxylation is 2. The first-order chi connectivity index (χ1) is 8.97. The Morgan fingerprint density at radius 1 is 1.47 bits per heavy atom. The van der Waals surface area contributed by atoms with Gasteiger partial charge in [0.1, 0.15) is 5.03 Å². The molecule has 2 rings (SSSR count). The number of aromatic carboxylic acids is 1. The van der Waals surface area contributed by atoms with E-state index < -0.39 is 5.97 Å². The highest BCUT2D eigenvalue weighted by molar-refractivity contribution is 9.11. The van der Waals surface area contributed by atoms with Gasteiger partial charge in [-0.2, -0.15) is 0 Å². The molecule has 0 aromatic carbocycles. The SMILES string of the molecule is Cc1cc(C)c(C(=O)O)c(SCc2csc(Br)c2)n1. The number of hydrogen-bond acceptors (Lipinski definition) is 4. The van der Waals surface area contributed by atoms with Crippen molar-refractivity contribution in [2.45, 2.75) is 24.6 Å². The maximum absolute atomic E-state index is 11.3. The largest absolute Gasteiger partial charge is 0.478 e. The van der Waals surface area contributed by atoms with Crippen molar-refractivity contribution in [1.29, 1.82) is 0 Å². The molecule has 0 aliphatic rings. The zero-order valence-electron chi connectivity index (χ0n) is 10.4. The first-order valence-electron chi connectivity index (χ1n) is 5.54. The molecule has 2 heterocycles. The predicted molar refractivity (Wildman–Crippen MR) is 82.3 cm³/mol. The van der Waals surface area contributed by atoms with Crippen LogP contribution in [0.3, 0.4) is 0 Å². The second kappa shape index (κ2) is 6.07. The summed E-state index contributed by atoms with van der Waals surface area (Å²) in [5.74, 6) is -0.197. The maximum Gasteiger partial charge on any atom is 0.338 e. The number of rotatable bonds is 4. The Kier molecular flexibility index (Phi) is 4.65. The number of nitrogens with zero attached hydrogens (tertiary/aromatic N) is 1. The molecule has 0 atom stereocenters. The molecule has 0 saturated carbocycles. The summed E-state index contributed by atoms with van der Waals surface area (Å²) < 4.78 is 1.08. The Bertz CT molecular complexity index is 625. The number of carboxylic acids is 1. The van der Waals surface area contributed by atoms with Gasteiger partial charge in [-0.05, 0) is 58.4 Å². The summed E-state index contributed by atoms with van der Waals surface area (Å²) in [5.41, 5.74) is 3.08. The van der Waals surface area contributed by atoms with Gasteiger partial charge in [-0.1, -0.05) is 0 Å². The molecule has 0 saturated heterocycles. The average molecular weight is 358 g/mol. The number of halogens is 1. The van der Waals surface area contributed by atoms with Crippen LogP contribution in [0.2, 0.25) is 0 Å². The quantitative estimate of drug-likeness (QED) is 0.817. The standard InChI is InChI=1S/C13H12BrNO2S2/c1-7-3-8(2)15-12(11(7)13(16)17)19-6-9-4-10(14)18-5-9/h3-5H,6H2,1-2H3,(H,16,17). The third kappa shape index (κ3) is 3.58. The second-order valence-electron chi connectivity index (χ2n) is 4.11. The Hall–Kier alpha value is -0.850. The van der Waals surface area contributed by atoms with Crippen molar-refractivity contribution in [3.63, 3.8) is 0 Å². The lowest BCUT2D eigenvalue weighted by molar-refractivity contribution is 0.0691. The van der Waals surface area contributed by atoms with E-state index in [0.717, 1.165) is 20.8 Å². The number of pyridine rings is 1. The molecule has 0 spiro atoms. The normalized spacial score (nSPS) is 10.7. The predicted octanol–water partition coefficient (Wildman–Crippen LogP) is 4.51. The Labute approximate surface area is 128 Å². The van der Waals surface area contributed by atoms with E-state index in [1.165, 1.54) is 17.3 Å². The highest BCUT2D eigenvalue weighted by atomic mass is 79.9. The minimum Gasteiger partial charge on any atom is -0.478 e. The van der Waals surface area contributed by atoms with Crippen LogP contribution < -0.4 is 0 Å². The van der Waals surface area contributed by atoms with E-state index in [0.29, 0.717) is 10.6 Å². The molecule has 6 heteroatoms. The molecular weight excluding hydrogens is 346 g/mol. The fourth-order valence-corrected chi connectivity index (χ4v) is 4.13. The first-order valence-corrected chi connectivity index (χ1v) is 8.20. The molecule has 1 N–H and O–H groups in total. The van der Waals surface area contributed by atoms with Crippen LogP contribution in [0.1, 0.15) is 27.2 Å². The van der Waals surface area contributed by atoms with Crippen LogP contribution in [-0.2, 0) is 5.75 Å². The Balaban J connectivity index is 2.26. The van der Waals surface area contributed by atoms with Crippen LogP contribution in [0.15, 0.2) is 26.3 Å². The lowest BCUT2D eigenvalue weighted by atomic mass is 10.1. The number of carboxylic acid groups (broad SMARTS) is 1. The zero-order chi connectivity index (χ0) is 14.0. The highest BCUT2D eigenvalue weighted by Gasteiger charge is 2.16. The molecule has 3 nitrogen and oxygen atoms in total. The van der Waals surface area contributed by atoms with Crippen molar-refractivity contribution in [3.05, 3.63) is 43.7 Å². The summed E-state index contributed by atoms with van der Waals surface area (Å²) >= 11 is 6.51. The van der Waals surface area contributed by atoms with Gasteiger partial charge in [0.15, 0.2) is 0 Å². The fraction of sp³-hybridized carbons (Fsp3) is 0.231. The Morgan fingerprint density at radius 2 is 2.21 bits per heavy atom. The molecule has 19 heavy (non-hydrogen) atoms. The third-order valence-electron chi connectivity index (χ3n) is 2.52. The van der Waals surface area contributed by atoms with E-state index in [1.54, 1.807) is 17.4 Å². The minimum atomic E-state index is -0.918. The smallest absolute Gasteiger partial charge is 0.338 e. The van der Waals surface area contributed by atoms with Crippen molar-refractivity contribution in [1.82, 2.24) is 4.98 Å². The number of hydrogen-bond donors (Lipinski definition) is 1. The topological polar surface area (TPSA) is 50.2 Å². The molecule has 0 amide bonds. The molecule has 2 aromatic rings. The van der Waals surface area contributed by atoms with Gasteiger partial charge in [0.2, 0.25) is 0 Å². The molecule has 0 unspecified atom stereocenters. The summed E-state index contributed by atoms with van der Waals surface area (Å²) in [7, 11) is 0. The van der Waals surface area contributed by atoms with Crippen LogP contribution in [0.4, 0.5) is 0 Å². The number of carbonyl (C=O) groups is 1. The van der Waals surface area contributed by atoms with Gasteiger partial charge in [0.05, 0.1) is 9.35 Å². The summed E-state index contributed by atoms with van der Waals surface area (Å²) in [6.07, 6.45) is 0. The minimum absolute atomic E-state index is 0.310. The summed E-state index contributed by atoms with van der Waals surface area (Å²) in [5, 5.41) is 11.9. The van der Waals surface area contributed by atoms with Gasteiger partial charge >= 0.3 is 5.97 Å². The summed E-state index contributed by atoms with van der Waals surface area (Å²) in [4.78, 5) is 15.7. The van der Waals surface area contributed by atoms with E-state index >= 15 is 0 Å². The van der Waals surface area contributed by atoms with Crippen molar-refractivity contribution in [3.8, 4) is 0 Å². The molecule has 0 radical (unpaired) electrons. The van der Waals surface area contributed by atoms with Crippen LogP contribution in [-0.4, -0.2) is 16.1 Å². The van der Waals surface area contributed by atoms with Gasteiger partial charge in [-0.15, -0.1) is 23.1 Å². The third-order valence-corrected chi connectivity index (χ3v) is 5.12. The van der Waals surface area contributed by atoms with Gasteiger partial charge in [-0.3, -0.25) is 0 Å². The fourth-order valence-electron chi connectivity index (χ4n) is 1.74. The van der Waals surface area contributed by atoms with E-state index in [9.17, 15) is 9.90 Å². The second-order valence-corrected chi connectivity index (χ2v) is 7.37. The van der Waals surface area contributed by atoms with Crippen LogP contribution >= 0.6 is 39.0 Å². The molecule has 100 valence electrons. The van der Waals surface area contributed by atoms with E-state index in [1.807, 2.05) is 19.9 Å². The monoisotopic (exact) mass is 357 g/mol. The van der Waals surface area contributed by atoms with Gasteiger partial charge in [0.25, 0.3) is 0 Å². The van der Waals surface area contributed by atoms with Crippen LogP contribution in [0, 0.1) is 13.8 Å². The molecule has 0 bridgehead atoms. The molecule has 0 fully saturated rings. The van der Waals surface area contributed by atoms with Gasteiger partial charge < -0.3 is 5.11 Å². The number of thiophene rings is 1. The summed E-state index contributed by atoms with van der Waals surface area (Å²) in [6, 6.07) is 3.84. The van der Waals surface area contributed by atoms with Crippen molar-refractivity contribution in [2.75, 3.05) is 0 Å².